The average molecular weight is 333 g/mol. The minimum absolute atomic E-state index is 0. The number of nitrogens with one attached hydrogen (secondary N) is 1. The van der Waals surface area contributed by atoms with Gasteiger partial charge >= 0.3 is 0 Å². The number of likely N-dealkylation sites (tertiary alicyclic amines) is 1. The lowest BCUT2D eigenvalue weighted by Gasteiger charge is -2.36. The molecule has 2 aliphatic rings. The van der Waals surface area contributed by atoms with Crippen molar-refractivity contribution in [1.29, 1.82) is 0 Å². The predicted molar refractivity (Wildman–Crippen MR) is 92.4 cm³/mol. The number of carbonyl (C=O) groups excluding carboxylic acids is 1. The molecule has 0 saturated carbocycles. The molecule has 0 aliphatic carbocycles. The Bertz CT molecular complexity index is 331. The Morgan fingerprint density at radius 1 is 1.27 bits per heavy atom. The lowest BCUT2D eigenvalue weighted by Crippen LogP contribution is -2.47. The molecule has 2 fully saturated rings. The summed E-state index contributed by atoms with van der Waals surface area (Å²) in [5, 5.41) is 3.42. The standard InChI is InChI=1S/C17H32N2O2.ClH/c1-13(2)7-11-21-16-5-9-19(10-6-16)17(20)15-4-8-18-14(3)12-15;/h13-16,18H,4-12H2,1-3H3;1H/t14-,15-;/m0./s1. The zero-order chi connectivity index (χ0) is 15.2. The van der Waals surface area contributed by atoms with Crippen LogP contribution < -0.4 is 5.32 Å². The molecule has 2 rings (SSSR count). The topological polar surface area (TPSA) is 41.6 Å². The Morgan fingerprint density at radius 3 is 2.55 bits per heavy atom. The lowest BCUT2D eigenvalue weighted by atomic mass is 9.91. The number of halogens is 1. The van der Waals surface area contributed by atoms with Crippen molar-refractivity contribution in [2.75, 3.05) is 26.2 Å². The smallest absolute Gasteiger partial charge is 0.225 e. The summed E-state index contributed by atoms with van der Waals surface area (Å²) in [6, 6.07) is 0.476. The van der Waals surface area contributed by atoms with Gasteiger partial charge in [0.2, 0.25) is 5.91 Å². The van der Waals surface area contributed by atoms with Gasteiger partial charge in [-0.15, -0.1) is 12.4 Å². The van der Waals surface area contributed by atoms with E-state index in [0.29, 0.717) is 24.0 Å². The number of hydrogen-bond donors (Lipinski definition) is 1. The van der Waals surface area contributed by atoms with Crippen molar-refractivity contribution in [3.63, 3.8) is 0 Å². The first-order valence-corrected chi connectivity index (χ1v) is 8.70. The summed E-state index contributed by atoms with van der Waals surface area (Å²) in [7, 11) is 0. The molecule has 2 aliphatic heterocycles. The molecule has 22 heavy (non-hydrogen) atoms. The van der Waals surface area contributed by atoms with E-state index in [9.17, 15) is 4.79 Å². The highest BCUT2D eigenvalue weighted by Crippen LogP contribution is 2.22. The molecule has 0 aromatic carbocycles. The van der Waals surface area contributed by atoms with E-state index in [-0.39, 0.29) is 18.3 Å². The van der Waals surface area contributed by atoms with E-state index in [4.69, 9.17) is 4.74 Å². The third kappa shape index (κ3) is 6.05. The second-order valence-electron chi connectivity index (χ2n) is 7.15. The summed E-state index contributed by atoms with van der Waals surface area (Å²) in [5.74, 6) is 1.32. The monoisotopic (exact) mass is 332 g/mol. The number of nitrogens with zero attached hydrogens (tertiary/aromatic N) is 1. The van der Waals surface area contributed by atoms with Crippen molar-refractivity contribution in [2.45, 2.75) is 65.0 Å². The van der Waals surface area contributed by atoms with Gasteiger partial charge in [-0.1, -0.05) is 13.8 Å². The number of hydrogen-bond acceptors (Lipinski definition) is 3. The van der Waals surface area contributed by atoms with Crippen LogP contribution in [0.1, 0.15) is 52.9 Å². The Labute approximate surface area is 141 Å². The Hall–Kier alpha value is -0.320. The fraction of sp³-hybridized carbons (Fsp3) is 0.941. The maximum Gasteiger partial charge on any atom is 0.225 e. The van der Waals surface area contributed by atoms with E-state index in [1.165, 1.54) is 0 Å². The third-order valence-electron chi connectivity index (χ3n) is 4.78. The highest BCUT2D eigenvalue weighted by atomic mass is 35.5. The van der Waals surface area contributed by atoms with Crippen LogP contribution in [0, 0.1) is 11.8 Å². The predicted octanol–water partition coefficient (Wildman–Crippen LogP) is 2.85. The van der Waals surface area contributed by atoms with Crippen LogP contribution in [-0.4, -0.2) is 49.2 Å². The molecule has 130 valence electrons. The van der Waals surface area contributed by atoms with Crippen molar-refractivity contribution < 1.29 is 9.53 Å². The molecule has 1 N–H and O–H groups in total. The molecule has 2 heterocycles. The first-order valence-electron chi connectivity index (χ1n) is 8.70. The molecule has 0 spiro atoms. The van der Waals surface area contributed by atoms with Crippen LogP contribution in [-0.2, 0) is 9.53 Å². The fourth-order valence-electron chi connectivity index (χ4n) is 3.33. The van der Waals surface area contributed by atoms with E-state index in [0.717, 1.165) is 58.3 Å². The maximum atomic E-state index is 12.6. The lowest BCUT2D eigenvalue weighted by molar-refractivity contribution is -0.139. The zero-order valence-electron chi connectivity index (χ0n) is 14.3. The van der Waals surface area contributed by atoms with E-state index < -0.39 is 0 Å². The minimum atomic E-state index is 0. The van der Waals surface area contributed by atoms with Crippen LogP contribution in [0.3, 0.4) is 0 Å². The van der Waals surface area contributed by atoms with Gasteiger partial charge in [0.15, 0.2) is 0 Å². The molecule has 2 atom stereocenters. The molecule has 0 unspecified atom stereocenters. The highest BCUT2D eigenvalue weighted by molar-refractivity contribution is 5.85. The molecular weight excluding hydrogens is 300 g/mol. The van der Waals surface area contributed by atoms with Crippen LogP contribution in [0.4, 0.5) is 0 Å². The number of carbonyl (C=O) groups is 1. The molecular formula is C17H33ClN2O2. The van der Waals surface area contributed by atoms with Crippen LogP contribution in [0.25, 0.3) is 0 Å². The van der Waals surface area contributed by atoms with Gasteiger partial charge in [-0.05, 0) is 51.5 Å². The first-order chi connectivity index (χ1) is 10.1. The third-order valence-corrected chi connectivity index (χ3v) is 4.78. The van der Waals surface area contributed by atoms with Gasteiger partial charge in [0.1, 0.15) is 0 Å². The second kappa shape index (κ2) is 9.74. The van der Waals surface area contributed by atoms with E-state index in [1.54, 1.807) is 0 Å². The van der Waals surface area contributed by atoms with Gasteiger partial charge in [-0.3, -0.25) is 4.79 Å². The summed E-state index contributed by atoms with van der Waals surface area (Å²) in [5.41, 5.74) is 0. The van der Waals surface area contributed by atoms with Crippen molar-refractivity contribution in [3.8, 4) is 0 Å². The molecule has 0 aromatic rings. The van der Waals surface area contributed by atoms with Crippen LogP contribution >= 0.6 is 12.4 Å². The Morgan fingerprint density at radius 2 is 1.95 bits per heavy atom. The number of rotatable bonds is 5. The second-order valence-corrected chi connectivity index (χ2v) is 7.15. The van der Waals surface area contributed by atoms with Crippen LogP contribution in [0.2, 0.25) is 0 Å². The zero-order valence-corrected chi connectivity index (χ0v) is 15.2. The molecule has 0 bridgehead atoms. The summed E-state index contributed by atoms with van der Waals surface area (Å²) in [4.78, 5) is 14.6. The fourth-order valence-corrected chi connectivity index (χ4v) is 3.33. The van der Waals surface area contributed by atoms with Gasteiger partial charge < -0.3 is 15.0 Å². The average Bonchev–Trinajstić information content (AvgIpc) is 2.47. The summed E-state index contributed by atoms with van der Waals surface area (Å²) >= 11 is 0. The Kier molecular flexibility index (Phi) is 8.73. The van der Waals surface area contributed by atoms with Crippen molar-refractivity contribution >= 4 is 18.3 Å². The Balaban J connectivity index is 0.00000242. The molecule has 1 amide bonds. The number of amides is 1. The van der Waals surface area contributed by atoms with Crippen LogP contribution in [0.5, 0.6) is 0 Å². The van der Waals surface area contributed by atoms with Gasteiger partial charge in [0.05, 0.1) is 6.10 Å². The normalized spacial score (nSPS) is 26.8. The number of ether oxygens (including phenoxy) is 1. The van der Waals surface area contributed by atoms with Crippen molar-refractivity contribution in [3.05, 3.63) is 0 Å². The SMILES string of the molecule is CC(C)CCOC1CCN(C(=O)[C@H]2CCN[C@@H](C)C2)CC1.Cl. The van der Waals surface area contributed by atoms with Gasteiger partial charge in [-0.2, -0.15) is 0 Å². The molecule has 2 saturated heterocycles. The van der Waals surface area contributed by atoms with Gasteiger partial charge in [0, 0.05) is 31.7 Å². The number of piperidine rings is 2. The summed E-state index contributed by atoms with van der Waals surface area (Å²) in [6.45, 7) is 10.2. The highest BCUT2D eigenvalue weighted by Gasteiger charge is 2.30. The molecule has 4 nitrogen and oxygen atoms in total. The largest absolute Gasteiger partial charge is 0.378 e. The maximum absolute atomic E-state index is 12.6. The minimum Gasteiger partial charge on any atom is -0.378 e. The van der Waals surface area contributed by atoms with E-state index in [1.807, 2.05) is 0 Å². The van der Waals surface area contributed by atoms with Gasteiger partial charge in [-0.25, -0.2) is 0 Å². The first kappa shape index (κ1) is 19.7. The quantitative estimate of drug-likeness (QED) is 0.841. The molecule has 5 heteroatoms. The van der Waals surface area contributed by atoms with Gasteiger partial charge in [0.25, 0.3) is 0 Å². The summed E-state index contributed by atoms with van der Waals surface area (Å²) in [6.07, 6.45) is 5.48. The van der Waals surface area contributed by atoms with E-state index >= 15 is 0 Å². The summed E-state index contributed by atoms with van der Waals surface area (Å²) < 4.78 is 5.94. The molecule has 0 radical (unpaired) electrons. The van der Waals surface area contributed by atoms with Crippen molar-refractivity contribution in [2.24, 2.45) is 11.8 Å². The molecule has 0 aromatic heterocycles. The van der Waals surface area contributed by atoms with Crippen molar-refractivity contribution in [1.82, 2.24) is 10.2 Å². The van der Waals surface area contributed by atoms with E-state index in [2.05, 4.69) is 31.0 Å². The van der Waals surface area contributed by atoms with Crippen LogP contribution in [0.15, 0.2) is 0 Å².